The standard InChI is InChI=1S/C21H25N5O2/c1-14(2)16-5-3-15(4-6-16)9-21(28)23-19-12-26(11-17(19)13-27)20-8-7-18(10-22)24-25-20/h3-8,14,17,19,27H,9,11-13H2,1-2H3,(H,23,28)/t17-,19-/m1/s1. The van der Waals surface area contributed by atoms with Gasteiger partial charge in [-0.05, 0) is 29.2 Å². The molecule has 0 spiro atoms. The van der Waals surface area contributed by atoms with Crippen molar-refractivity contribution in [3.05, 3.63) is 53.2 Å². The quantitative estimate of drug-likeness (QED) is 0.791. The number of benzene rings is 1. The molecule has 0 bridgehead atoms. The van der Waals surface area contributed by atoms with E-state index in [4.69, 9.17) is 5.26 Å². The monoisotopic (exact) mass is 379 g/mol. The summed E-state index contributed by atoms with van der Waals surface area (Å²) in [7, 11) is 0. The minimum atomic E-state index is -0.162. The van der Waals surface area contributed by atoms with Crippen molar-refractivity contribution in [2.45, 2.75) is 32.2 Å². The van der Waals surface area contributed by atoms with Gasteiger partial charge in [0.25, 0.3) is 0 Å². The lowest BCUT2D eigenvalue weighted by molar-refractivity contribution is -0.121. The molecule has 1 saturated heterocycles. The lowest BCUT2D eigenvalue weighted by Crippen LogP contribution is -2.42. The smallest absolute Gasteiger partial charge is 0.224 e. The van der Waals surface area contributed by atoms with Crippen molar-refractivity contribution in [2.75, 3.05) is 24.6 Å². The molecule has 3 rings (SSSR count). The van der Waals surface area contributed by atoms with Gasteiger partial charge in [0.15, 0.2) is 11.5 Å². The van der Waals surface area contributed by atoms with Crippen molar-refractivity contribution in [2.24, 2.45) is 5.92 Å². The first-order chi connectivity index (χ1) is 13.5. The van der Waals surface area contributed by atoms with Gasteiger partial charge in [-0.15, -0.1) is 10.2 Å². The van der Waals surface area contributed by atoms with E-state index in [-0.39, 0.29) is 30.2 Å². The maximum Gasteiger partial charge on any atom is 0.224 e. The maximum atomic E-state index is 12.5. The molecule has 7 nitrogen and oxygen atoms in total. The van der Waals surface area contributed by atoms with Crippen molar-refractivity contribution in [3.8, 4) is 6.07 Å². The van der Waals surface area contributed by atoms with Crippen LogP contribution in [0.5, 0.6) is 0 Å². The number of rotatable bonds is 6. The normalized spacial score (nSPS) is 18.9. The van der Waals surface area contributed by atoms with Crippen molar-refractivity contribution >= 4 is 11.7 Å². The molecular formula is C21H25N5O2. The first-order valence-corrected chi connectivity index (χ1v) is 9.48. The number of amides is 1. The summed E-state index contributed by atoms with van der Waals surface area (Å²) in [6.45, 7) is 5.38. The first kappa shape index (κ1) is 19.8. The highest BCUT2D eigenvalue weighted by atomic mass is 16.3. The highest BCUT2D eigenvalue weighted by Gasteiger charge is 2.34. The zero-order valence-corrected chi connectivity index (χ0v) is 16.2. The third-order valence-corrected chi connectivity index (χ3v) is 5.12. The number of hydrogen-bond donors (Lipinski definition) is 2. The third kappa shape index (κ3) is 4.65. The molecule has 1 aromatic heterocycles. The largest absolute Gasteiger partial charge is 0.396 e. The number of aromatic nitrogens is 2. The van der Waals surface area contributed by atoms with Gasteiger partial charge in [-0.3, -0.25) is 4.79 Å². The van der Waals surface area contributed by atoms with Gasteiger partial charge in [-0.1, -0.05) is 38.1 Å². The van der Waals surface area contributed by atoms with E-state index in [0.717, 1.165) is 5.56 Å². The average molecular weight is 379 g/mol. The zero-order chi connectivity index (χ0) is 20.1. The van der Waals surface area contributed by atoms with Crippen molar-refractivity contribution in [1.29, 1.82) is 5.26 Å². The minimum absolute atomic E-state index is 0.0196. The molecule has 2 aromatic rings. The van der Waals surface area contributed by atoms with Crippen LogP contribution in [0.3, 0.4) is 0 Å². The van der Waals surface area contributed by atoms with Crippen LogP contribution in [0.4, 0.5) is 5.82 Å². The molecule has 1 aliphatic rings. The van der Waals surface area contributed by atoms with Gasteiger partial charge in [0.05, 0.1) is 12.5 Å². The number of anilines is 1. The molecule has 146 valence electrons. The number of nitrogens with one attached hydrogen (secondary N) is 1. The van der Waals surface area contributed by atoms with Crippen LogP contribution >= 0.6 is 0 Å². The van der Waals surface area contributed by atoms with Gasteiger partial charge in [-0.2, -0.15) is 5.26 Å². The van der Waals surface area contributed by atoms with E-state index in [9.17, 15) is 9.90 Å². The van der Waals surface area contributed by atoms with E-state index in [1.54, 1.807) is 12.1 Å². The number of nitrogens with zero attached hydrogens (tertiary/aromatic N) is 4. The van der Waals surface area contributed by atoms with Gasteiger partial charge < -0.3 is 15.3 Å². The lowest BCUT2D eigenvalue weighted by atomic mass is 10.0. The average Bonchev–Trinajstić information content (AvgIpc) is 3.11. The van der Waals surface area contributed by atoms with E-state index < -0.39 is 0 Å². The SMILES string of the molecule is CC(C)c1ccc(CC(=O)N[C@@H]2CN(c3ccc(C#N)nn3)C[C@@H]2CO)cc1. The Morgan fingerprint density at radius 2 is 2.00 bits per heavy atom. The summed E-state index contributed by atoms with van der Waals surface area (Å²) in [6.07, 6.45) is 0.309. The van der Waals surface area contributed by atoms with Gasteiger partial charge >= 0.3 is 0 Å². The second-order valence-electron chi connectivity index (χ2n) is 7.48. The third-order valence-electron chi connectivity index (χ3n) is 5.12. The van der Waals surface area contributed by atoms with E-state index in [1.165, 1.54) is 5.56 Å². The van der Waals surface area contributed by atoms with E-state index in [0.29, 0.717) is 31.2 Å². The lowest BCUT2D eigenvalue weighted by Gasteiger charge is -2.18. The molecule has 0 unspecified atom stereocenters. The van der Waals surface area contributed by atoms with Crippen LogP contribution in [0.1, 0.15) is 36.6 Å². The summed E-state index contributed by atoms with van der Waals surface area (Å²) in [4.78, 5) is 14.5. The van der Waals surface area contributed by atoms with Gasteiger partial charge in [0.1, 0.15) is 6.07 Å². The van der Waals surface area contributed by atoms with E-state index in [2.05, 4.69) is 41.5 Å². The second kappa shape index (κ2) is 8.81. The van der Waals surface area contributed by atoms with Crippen LogP contribution in [-0.2, 0) is 11.2 Å². The highest BCUT2D eigenvalue weighted by molar-refractivity contribution is 5.79. The molecule has 1 aromatic carbocycles. The Balaban J connectivity index is 1.60. The molecule has 1 amide bonds. The Bertz CT molecular complexity index is 843. The van der Waals surface area contributed by atoms with Crippen LogP contribution < -0.4 is 10.2 Å². The minimum Gasteiger partial charge on any atom is -0.396 e. The van der Waals surface area contributed by atoms with E-state index in [1.807, 2.05) is 23.1 Å². The van der Waals surface area contributed by atoms with Gasteiger partial charge in [0.2, 0.25) is 5.91 Å². The molecule has 2 N–H and O–H groups in total. The number of carbonyl (C=O) groups is 1. The Hall–Kier alpha value is -2.98. The summed E-state index contributed by atoms with van der Waals surface area (Å²) in [5.74, 6) is 0.958. The molecular weight excluding hydrogens is 354 g/mol. The topological polar surface area (TPSA) is 102 Å². The maximum absolute atomic E-state index is 12.5. The molecule has 0 aliphatic carbocycles. The fourth-order valence-electron chi connectivity index (χ4n) is 3.42. The van der Waals surface area contributed by atoms with E-state index >= 15 is 0 Å². The number of aliphatic hydroxyl groups is 1. The van der Waals surface area contributed by atoms with Gasteiger partial charge in [-0.25, -0.2) is 0 Å². The van der Waals surface area contributed by atoms with Gasteiger partial charge in [0, 0.05) is 25.6 Å². The molecule has 1 fully saturated rings. The molecule has 2 heterocycles. The summed E-state index contributed by atoms with van der Waals surface area (Å²) >= 11 is 0. The predicted octanol–water partition coefficient (Wildman–Crippen LogP) is 1.63. The first-order valence-electron chi connectivity index (χ1n) is 9.48. The summed E-state index contributed by atoms with van der Waals surface area (Å²) < 4.78 is 0. The summed E-state index contributed by atoms with van der Waals surface area (Å²) in [5.41, 5.74) is 2.48. The van der Waals surface area contributed by atoms with Crippen molar-refractivity contribution in [1.82, 2.24) is 15.5 Å². The van der Waals surface area contributed by atoms with Crippen LogP contribution in [-0.4, -0.2) is 46.9 Å². The Kier molecular flexibility index (Phi) is 6.22. The highest BCUT2D eigenvalue weighted by Crippen LogP contribution is 2.22. The number of nitriles is 1. The molecule has 7 heteroatoms. The molecule has 28 heavy (non-hydrogen) atoms. The fourth-order valence-corrected chi connectivity index (χ4v) is 3.42. The van der Waals surface area contributed by atoms with Crippen LogP contribution in [0.25, 0.3) is 0 Å². The Morgan fingerprint density at radius 1 is 1.25 bits per heavy atom. The number of aliphatic hydroxyl groups excluding tert-OH is 1. The molecule has 0 radical (unpaired) electrons. The molecule has 0 saturated carbocycles. The predicted molar refractivity (Wildman–Crippen MR) is 106 cm³/mol. The summed E-state index contributed by atoms with van der Waals surface area (Å²) in [5, 5.41) is 29.5. The van der Waals surface area contributed by atoms with Crippen molar-refractivity contribution < 1.29 is 9.90 Å². The molecule has 1 aliphatic heterocycles. The number of hydrogen-bond acceptors (Lipinski definition) is 6. The Morgan fingerprint density at radius 3 is 2.57 bits per heavy atom. The molecule has 2 atom stereocenters. The number of carbonyl (C=O) groups excluding carboxylic acids is 1. The Labute approximate surface area is 165 Å². The zero-order valence-electron chi connectivity index (χ0n) is 16.2. The van der Waals surface area contributed by atoms with Crippen LogP contribution in [0.2, 0.25) is 0 Å². The van der Waals surface area contributed by atoms with Crippen molar-refractivity contribution in [3.63, 3.8) is 0 Å². The second-order valence-corrected chi connectivity index (χ2v) is 7.48. The van der Waals surface area contributed by atoms with Crippen LogP contribution in [0.15, 0.2) is 36.4 Å². The van der Waals surface area contributed by atoms with Crippen LogP contribution in [0, 0.1) is 17.2 Å². The summed E-state index contributed by atoms with van der Waals surface area (Å²) in [6, 6.07) is 13.2. The fraction of sp³-hybridized carbons (Fsp3) is 0.429.